The van der Waals surface area contributed by atoms with Gasteiger partial charge in [0.15, 0.2) is 14.7 Å². The fourth-order valence-corrected chi connectivity index (χ4v) is 8.11. The molecule has 0 spiro atoms. The van der Waals surface area contributed by atoms with Crippen molar-refractivity contribution in [2.24, 2.45) is 0 Å². The van der Waals surface area contributed by atoms with Crippen molar-refractivity contribution in [3.05, 3.63) is 114 Å². The maximum absolute atomic E-state index is 11.2. The van der Waals surface area contributed by atoms with Gasteiger partial charge in [-0.05, 0) is 79.1 Å². The number of unbranched alkanes of at least 4 members (excludes halogenated alkanes) is 9. The zero-order valence-corrected chi connectivity index (χ0v) is 30.9. The van der Waals surface area contributed by atoms with Gasteiger partial charge in [0, 0.05) is 9.79 Å². The van der Waals surface area contributed by atoms with E-state index in [0.717, 1.165) is 16.3 Å². The normalized spacial score (nSPS) is 13.1. The number of hydrogen-bond donors (Lipinski definition) is 0. The van der Waals surface area contributed by atoms with E-state index < -0.39 is 19.5 Å². The third kappa shape index (κ3) is 16.9. The van der Waals surface area contributed by atoms with Crippen molar-refractivity contribution in [1.29, 1.82) is 0 Å². The van der Waals surface area contributed by atoms with Crippen LogP contribution in [0.5, 0.6) is 0 Å². The van der Waals surface area contributed by atoms with Crippen LogP contribution in [0.25, 0.3) is 0 Å². The number of rotatable bonds is 16. The molecule has 0 atom stereocenters. The second kappa shape index (κ2) is 17.6. The Morgan fingerprint density at radius 2 is 1.00 bits per heavy atom. The van der Waals surface area contributed by atoms with E-state index in [4.69, 9.17) is 11.6 Å². The van der Waals surface area contributed by atoms with Crippen molar-refractivity contribution < 1.29 is 16.9 Å². The van der Waals surface area contributed by atoms with E-state index >= 15 is 0 Å². The van der Waals surface area contributed by atoms with Crippen LogP contribution in [0.3, 0.4) is 0 Å². The molecule has 0 aliphatic carbocycles. The van der Waals surface area contributed by atoms with Crippen LogP contribution >= 0.6 is 23.4 Å². The second-order valence-electron chi connectivity index (χ2n) is 11.2. The zero-order chi connectivity index (χ0) is 33.5. The summed E-state index contributed by atoms with van der Waals surface area (Å²) in [4.78, 5) is 6.35. The first-order valence-electron chi connectivity index (χ1n) is 15.7. The summed E-state index contributed by atoms with van der Waals surface area (Å²) >= 11 is -2.76. The molecule has 0 unspecified atom stereocenters. The molecule has 0 aromatic heterocycles. The summed E-state index contributed by atoms with van der Waals surface area (Å²) in [5.41, 5.74) is 1.36. The summed E-state index contributed by atoms with van der Waals surface area (Å²) in [7, 11) is -0.121. The first kappa shape index (κ1) is 38.7. The van der Waals surface area contributed by atoms with Crippen molar-refractivity contribution in [2.75, 3.05) is 0 Å². The van der Waals surface area contributed by atoms with Crippen LogP contribution in [0, 0.1) is 0 Å². The topological polar surface area (TPSA) is 0 Å². The molecule has 0 aliphatic heterocycles. The number of aryl methyl sites for hydroxylation is 1. The molecule has 0 N–H and O–H groups in total. The summed E-state index contributed by atoms with van der Waals surface area (Å²) in [6.07, 6.45) is 14.8. The van der Waals surface area contributed by atoms with E-state index in [0.29, 0.717) is 0 Å². The molecule has 0 radical (unpaired) electrons. The molecule has 0 saturated heterocycles. The predicted molar refractivity (Wildman–Crippen MR) is 185 cm³/mol. The van der Waals surface area contributed by atoms with Crippen LogP contribution in [-0.2, 0) is 17.3 Å². The fraction of sp³-hybridized carbons (Fsp3) is 0.333. The van der Waals surface area contributed by atoms with E-state index in [1.807, 2.05) is 0 Å². The van der Waals surface area contributed by atoms with Gasteiger partial charge in [-0.1, -0.05) is 131 Å². The van der Waals surface area contributed by atoms with Crippen molar-refractivity contribution in [3.63, 3.8) is 0 Å². The molecule has 0 nitrogen and oxygen atoms in total. The predicted octanol–water partition coefficient (Wildman–Crippen LogP) is 14.2. The summed E-state index contributed by atoms with van der Waals surface area (Å²) < 4.78 is 59.6. The average molecular weight is 810 g/mol. The molecule has 0 fully saturated rings. The quantitative estimate of drug-likeness (QED) is 0.0470. The molecule has 0 saturated carbocycles. The Kier molecular flexibility index (Phi) is 14.8. The Labute approximate surface area is 284 Å². The zero-order valence-electron chi connectivity index (χ0n) is 26.0. The first-order chi connectivity index (χ1) is 21.7. The molecule has 0 amide bonds. The van der Waals surface area contributed by atoms with Crippen LogP contribution in [0.2, 0.25) is 5.02 Å². The molecular weight excluding hydrogens is 768 g/mol. The minimum absolute atomic E-state index is 0.121. The van der Waals surface area contributed by atoms with Gasteiger partial charge in [-0.3, -0.25) is 0 Å². The summed E-state index contributed by atoms with van der Waals surface area (Å²) in [6, 6.07) is 37.3. The van der Waals surface area contributed by atoms with Gasteiger partial charge in [0.25, 0.3) is 0 Å². The molecule has 10 heteroatoms. The summed E-state index contributed by atoms with van der Waals surface area (Å²) in [6.45, 7) is 2.28. The van der Waals surface area contributed by atoms with Crippen molar-refractivity contribution >= 4 is 53.7 Å². The Balaban J connectivity index is 0.000000738. The Morgan fingerprint density at radius 3 is 1.46 bits per heavy atom. The van der Waals surface area contributed by atoms with Crippen LogP contribution in [-0.4, -0.2) is 19.5 Å². The van der Waals surface area contributed by atoms with E-state index in [1.54, 1.807) is 11.8 Å². The van der Waals surface area contributed by atoms with Gasteiger partial charge in [0.05, 0.1) is 15.9 Å². The third-order valence-electron chi connectivity index (χ3n) is 7.06. The summed E-state index contributed by atoms with van der Waals surface area (Å²) in [5, 5.41) is 0.863. The summed E-state index contributed by atoms with van der Waals surface area (Å²) in [5.74, 6) is 0. The van der Waals surface area contributed by atoms with Crippen molar-refractivity contribution in [1.82, 2.24) is 0 Å². The maximum atomic E-state index is 9.93. The Hall–Kier alpha value is -1.73. The van der Waals surface area contributed by atoms with Crippen molar-refractivity contribution in [2.45, 2.75) is 102 Å². The number of benzene rings is 4. The molecule has 0 heterocycles. The number of hydrogen-bond acceptors (Lipinski definition) is 1. The number of halogens is 7. The molecule has 46 heavy (non-hydrogen) atoms. The van der Waals surface area contributed by atoms with Crippen molar-refractivity contribution in [3.8, 4) is 0 Å². The van der Waals surface area contributed by atoms with Gasteiger partial charge in [0.2, 0.25) is 0 Å². The van der Waals surface area contributed by atoms with Gasteiger partial charge in [-0.25, -0.2) is 0 Å². The van der Waals surface area contributed by atoms with Gasteiger partial charge in [0.1, 0.15) is 0 Å². The minimum atomic E-state index is -11.2. The van der Waals surface area contributed by atoms with Crippen LogP contribution in [0.4, 0.5) is 16.9 Å². The Morgan fingerprint density at radius 1 is 0.565 bits per heavy atom. The van der Waals surface area contributed by atoms with E-state index in [-0.39, 0.29) is 10.9 Å². The van der Waals surface area contributed by atoms with Gasteiger partial charge in [-0.15, -0.1) is 0 Å². The molecule has 0 bridgehead atoms. The van der Waals surface area contributed by atoms with Gasteiger partial charge < -0.3 is 0 Å². The van der Waals surface area contributed by atoms with E-state index in [1.165, 1.54) is 89.4 Å². The molecule has 4 aromatic carbocycles. The van der Waals surface area contributed by atoms with Crippen LogP contribution in [0.1, 0.15) is 76.7 Å². The standard InChI is InChI=1S/C36H42ClS2.6FH.Sb/c1-2-3-4-5-6-7-8-9-10-13-18-30-23-28-36(35(37)29-30)38-31-24-26-34(27-25-31)39(32-19-14-11-15-20-32)33-21-16-12-17-22-33;;;;;;;/h11-12,14-17,19-29H,2-10,13,18H2,1H3;6*1H;/q+1;;;;;;;+5/p-6. The second-order valence-corrected chi connectivity index (χ2v) is 20.2. The van der Waals surface area contributed by atoms with Gasteiger partial charge >= 0.3 is 36.4 Å². The molecule has 252 valence electrons. The molecule has 0 aliphatic rings. The third-order valence-corrected chi connectivity index (χ3v) is 10.8. The fourth-order valence-electron chi connectivity index (χ4n) is 4.89. The first-order valence-corrected chi connectivity index (χ1v) is 23.9. The average Bonchev–Trinajstić information content (AvgIpc) is 3.00. The van der Waals surface area contributed by atoms with E-state index in [2.05, 4.69) is 110 Å². The molecule has 4 aromatic rings. The molecule has 4 rings (SSSR count). The van der Waals surface area contributed by atoms with Gasteiger partial charge in [-0.2, -0.15) is 0 Å². The Bertz CT molecular complexity index is 1400. The SMILES string of the molecule is CCCCCCCCCCCCc1ccc(Sc2ccc([S+](c3ccccc3)c3ccccc3)cc2)c(Cl)c1.[F][Sb-]([F])([F])([F])([F])[F]. The monoisotopic (exact) mass is 808 g/mol. The molecular formula is C36H42ClF6S2Sb. The van der Waals surface area contributed by atoms with E-state index in [9.17, 15) is 16.9 Å². The van der Waals surface area contributed by atoms with Crippen LogP contribution < -0.4 is 0 Å². The van der Waals surface area contributed by atoms with Crippen LogP contribution in [0.15, 0.2) is 128 Å².